The lowest BCUT2D eigenvalue weighted by atomic mass is 9.79. The van der Waals surface area contributed by atoms with Gasteiger partial charge in [0, 0.05) is 12.5 Å². The molecule has 1 aliphatic carbocycles. The molecule has 2 rings (SSSR count). The van der Waals surface area contributed by atoms with E-state index in [2.05, 4.69) is 13.8 Å². The van der Waals surface area contributed by atoms with Crippen LogP contribution < -0.4 is 0 Å². The number of aliphatic hydroxyl groups is 1. The summed E-state index contributed by atoms with van der Waals surface area (Å²) in [6.07, 6.45) is 2.37. The maximum atomic E-state index is 9.27. The smallest absolute Gasteiger partial charge is 0.0707 e. The van der Waals surface area contributed by atoms with Crippen molar-refractivity contribution in [1.29, 1.82) is 0 Å². The van der Waals surface area contributed by atoms with Crippen LogP contribution in [-0.4, -0.2) is 23.9 Å². The van der Waals surface area contributed by atoms with E-state index in [-0.39, 0.29) is 5.60 Å². The van der Waals surface area contributed by atoms with Gasteiger partial charge < -0.3 is 9.84 Å². The molecule has 12 heavy (non-hydrogen) atoms. The van der Waals surface area contributed by atoms with E-state index >= 15 is 0 Å². The Morgan fingerprint density at radius 1 is 1.58 bits per heavy atom. The summed E-state index contributed by atoms with van der Waals surface area (Å²) in [6.45, 7) is 5.57. The van der Waals surface area contributed by atoms with Gasteiger partial charge in [-0.2, -0.15) is 0 Å². The van der Waals surface area contributed by atoms with E-state index in [1.165, 1.54) is 6.42 Å². The van der Waals surface area contributed by atoms with E-state index < -0.39 is 0 Å². The first-order chi connectivity index (χ1) is 5.67. The SMILES string of the molecule is C[C@H]1CO[C@@]2(C)CC[C@@H]1[C@@H]2CO. The highest BCUT2D eigenvalue weighted by molar-refractivity contribution is 4.99. The number of aliphatic hydroxyl groups excluding tert-OH is 1. The molecule has 4 atom stereocenters. The van der Waals surface area contributed by atoms with Gasteiger partial charge in [-0.1, -0.05) is 6.92 Å². The highest BCUT2D eigenvalue weighted by Crippen LogP contribution is 2.49. The van der Waals surface area contributed by atoms with Crippen LogP contribution in [0.2, 0.25) is 0 Å². The molecule has 0 spiro atoms. The van der Waals surface area contributed by atoms with E-state index in [9.17, 15) is 5.11 Å². The Hall–Kier alpha value is -0.0800. The minimum absolute atomic E-state index is 0.00801. The van der Waals surface area contributed by atoms with Crippen molar-refractivity contribution in [3.63, 3.8) is 0 Å². The zero-order valence-electron chi connectivity index (χ0n) is 7.92. The number of fused-ring (bicyclic) bond motifs is 2. The molecule has 1 aliphatic heterocycles. The van der Waals surface area contributed by atoms with Gasteiger partial charge in [-0.15, -0.1) is 0 Å². The summed E-state index contributed by atoms with van der Waals surface area (Å²) in [5.41, 5.74) is -0.00801. The first-order valence-corrected chi connectivity index (χ1v) is 4.92. The van der Waals surface area contributed by atoms with Crippen LogP contribution in [0.25, 0.3) is 0 Å². The fourth-order valence-corrected chi connectivity index (χ4v) is 2.93. The standard InChI is InChI=1S/C10H18O2/c1-7-6-12-10(2)4-3-8(7)9(10)5-11/h7-9,11H,3-6H2,1-2H3/t7-,8-,9-,10-/m0/s1. The van der Waals surface area contributed by atoms with Crippen LogP contribution in [0, 0.1) is 17.8 Å². The molecule has 2 heteroatoms. The predicted octanol–water partition coefficient (Wildman–Crippen LogP) is 1.43. The number of hydrogen-bond donors (Lipinski definition) is 1. The van der Waals surface area contributed by atoms with Crippen LogP contribution in [0.4, 0.5) is 0 Å². The van der Waals surface area contributed by atoms with E-state index in [0.29, 0.717) is 24.4 Å². The highest BCUT2D eigenvalue weighted by Gasteiger charge is 2.50. The Morgan fingerprint density at radius 3 is 2.92 bits per heavy atom. The van der Waals surface area contributed by atoms with Crippen molar-refractivity contribution >= 4 is 0 Å². The summed E-state index contributed by atoms with van der Waals surface area (Å²) in [4.78, 5) is 0. The van der Waals surface area contributed by atoms with Gasteiger partial charge in [-0.05, 0) is 31.6 Å². The minimum Gasteiger partial charge on any atom is -0.396 e. The number of rotatable bonds is 1. The fraction of sp³-hybridized carbons (Fsp3) is 1.00. The van der Waals surface area contributed by atoms with Crippen molar-refractivity contribution in [2.75, 3.05) is 13.2 Å². The van der Waals surface area contributed by atoms with Crippen molar-refractivity contribution in [2.45, 2.75) is 32.3 Å². The predicted molar refractivity (Wildman–Crippen MR) is 46.8 cm³/mol. The molecule has 2 aliphatic rings. The molecule has 2 nitrogen and oxygen atoms in total. The molecule has 0 unspecified atom stereocenters. The van der Waals surface area contributed by atoms with Crippen LogP contribution in [-0.2, 0) is 4.74 Å². The van der Waals surface area contributed by atoms with Gasteiger partial charge in [-0.3, -0.25) is 0 Å². The fourth-order valence-electron chi connectivity index (χ4n) is 2.93. The third-order valence-electron chi connectivity index (χ3n) is 3.88. The topological polar surface area (TPSA) is 29.5 Å². The lowest BCUT2D eigenvalue weighted by molar-refractivity contribution is -0.131. The zero-order valence-corrected chi connectivity index (χ0v) is 7.92. The summed E-state index contributed by atoms with van der Waals surface area (Å²) in [5.74, 6) is 1.73. The molecule has 2 fully saturated rings. The van der Waals surface area contributed by atoms with Gasteiger partial charge in [-0.25, -0.2) is 0 Å². The van der Waals surface area contributed by atoms with Crippen LogP contribution in [0.1, 0.15) is 26.7 Å². The second-order valence-corrected chi connectivity index (χ2v) is 4.59. The largest absolute Gasteiger partial charge is 0.396 e. The zero-order chi connectivity index (χ0) is 8.77. The Morgan fingerprint density at radius 2 is 2.33 bits per heavy atom. The first-order valence-electron chi connectivity index (χ1n) is 4.92. The summed E-state index contributed by atoms with van der Waals surface area (Å²) in [7, 11) is 0. The summed E-state index contributed by atoms with van der Waals surface area (Å²) in [5, 5.41) is 9.27. The third kappa shape index (κ3) is 1.01. The van der Waals surface area contributed by atoms with Gasteiger partial charge in [0.05, 0.1) is 12.2 Å². The minimum atomic E-state index is -0.00801. The van der Waals surface area contributed by atoms with E-state index in [0.717, 1.165) is 13.0 Å². The molecule has 0 radical (unpaired) electrons. The lowest BCUT2D eigenvalue weighted by Crippen LogP contribution is -2.45. The van der Waals surface area contributed by atoms with Gasteiger partial charge in [0.2, 0.25) is 0 Å². The molecule has 1 saturated heterocycles. The van der Waals surface area contributed by atoms with E-state index in [4.69, 9.17) is 4.74 Å². The molecule has 1 saturated carbocycles. The molecular weight excluding hydrogens is 152 g/mol. The molecule has 0 aromatic heterocycles. The summed E-state index contributed by atoms with van der Waals surface area (Å²) >= 11 is 0. The van der Waals surface area contributed by atoms with Gasteiger partial charge in [0.1, 0.15) is 0 Å². The Balaban J connectivity index is 2.21. The molecular formula is C10H18O2. The van der Waals surface area contributed by atoms with Crippen molar-refractivity contribution in [3.8, 4) is 0 Å². The van der Waals surface area contributed by atoms with Crippen LogP contribution >= 0.6 is 0 Å². The van der Waals surface area contributed by atoms with Crippen LogP contribution in [0.5, 0.6) is 0 Å². The maximum absolute atomic E-state index is 9.27. The van der Waals surface area contributed by atoms with Gasteiger partial charge >= 0.3 is 0 Å². The normalized spacial score (nSPS) is 52.8. The third-order valence-corrected chi connectivity index (χ3v) is 3.88. The molecule has 1 heterocycles. The second-order valence-electron chi connectivity index (χ2n) is 4.59. The maximum Gasteiger partial charge on any atom is 0.0707 e. The second kappa shape index (κ2) is 2.71. The Kier molecular flexibility index (Phi) is 1.92. The molecule has 70 valence electrons. The molecule has 2 bridgehead atoms. The number of hydrogen-bond acceptors (Lipinski definition) is 2. The molecule has 0 aromatic rings. The van der Waals surface area contributed by atoms with Crippen molar-refractivity contribution in [2.24, 2.45) is 17.8 Å². The van der Waals surface area contributed by atoms with E-state index in [1.807, 2.05) is 0 Å². The average molecular weight is 170 g/mol. The quantitative estimate of drug-likeness (QED) is 0.645. The molecule has 0 aromatic carbocycles. The van der Waals surface area contributed by atoms with Gasteiger partial charge in [0.15, 0.2) is 0 Å². The molecule has 1 N–H and O–H groups in total. The Labute approximate surface area is 73.9 Å². The average Bonchev–Trinajstić information content (AvgIpc) is 2.31. The van der Waals surface area contributed by atoms with Crippen LogP contribution in [0.15, 0.2) is 0 Å². The lowest BCUT2D eigenvalue weighted by Gasteiger charge is -2.40. The summed E-state index contributed by atoms with van der Waals surface area (Å²) in [6, 6.07) is 0. The van der Waals surface area contributed by atoms with Crippen molar-refractivity contribution < 1.29 is 9.84 Å². The summed E-state index contributed by atoms with van der Waals surface area (Å²) < 4.78 is 5.81. The van der Waals surface area contributed by atoms with Crippen molar-refractivity contribution in [1.82, 2.24) is 0 Å². The van der Waals surface area contributed by atoms with E-state index in [1.54, 1.807) is 0 Å². The first kappa shape index (κ1) is 8.52. The Bertz CT molecular complexity index is 181. The monoisotopic (exact) mass is 170 g/mol. The van der Waals surface area contributed by atoms with Crippen LogP contribution in [0.3, 0.4) is 0 Å². The highest BCUT2D eigenvalue weighted by atomic mass is 16.5. The van der Waals surface area contributed by atoms with Gasteiger partial charge in [0.25, 0.3) is 0 Å². The molecule has 0 amide bonds. The number of ether oxygens (including phenoxy) is 1. The van der Waals surface area contributed by atoms with Crippen molar-refractivity contribution in [3.05, 3.63) is 0 Å².